The van der Waals surface area contributed by atoms with Crippen molar-refractivity contribution in [3.05, 3.63) is 52.7 Å². The van der Waals surface area contributed by atoms with E-state index >= 15 is 0 Å². The van der Waals surface area contributed by atoms with Gasteiger partial charge in [0.2, 0.25) is 0 Å². The van der Waals surface area contributed by atoms with Crippen LogP contribution in [0.3, 0.4) is 0 Å². The Morgan fingerprint density at radius 3 is 2.73 bits per heavy atom. The van der Waals surface area contributed by atoms with Gasteiger partial charge in [0.25, 0.3) is 0 Å². The Bertz CT molecular complexity index is 406. The molecule has 0 aliphatic rings. The Hall–Kier alpha value is -1.61. The molecule has 0 unspecified atom stereocenters. The van der Waals surface area contributed by atoms with Gasteiger partial charge in [-0.05, 0) is 23.6 Å². The van der Waals surface area contributed by atoms with Crippen LogP contribution in [0.2, 0.25) is 0 Å². The van der Waals surface area contributed by atoms with Crippen molar-refractivity contribution >= 4 is 23.2 Å². The lowest BCUT2D eigenvalue weighted by atomic mass is 10.3. The van der Waals surface area contributed by atoms with Crippen LogP contribution in [0.25, 0.3) is 0 Å². The predicted molar refractivity (Wildman–Crippen MR) is 66.6 cm³/mol. The molecule has 0 aliphatic heterocycles. The molecule has 0 spiro atoms. The van der Waals surface area contributed by atoms with Gasteiger partial charge in [-0.1, -0.05) is 24.3 Å². The lowest BCUT2D eigenvalue weighted by Crippen LogP contribution is -1.90. The quantitative estimate of drug-likeness (QED) is 0.615. The van der Waals surface area contributed by atoms with Gasteiger partial charge in [0.15, 0.2) is 0 Å². The maximum absolute atomic E-state index is 4.15. The molecule has 1 aromatic carbocycles. The molecular formula is C12H12N2S. The lowest BCUT2D eigenvalue weighted by molar-refractivity contribution is 1.31. The first-order chi connectivity index (χ1) is 7.45. The molecule has 0 amide bonds. The highest BCUT2D eigenvalue weighted by Gasteiger charge is 1.89. The van der Waals surface area contributed by atoms with Crippen molar-refractivity contribution in [2.45, 2.75) is 6.42 Å². The lowest BCUT2D eigenvalue weighted by Gasteiger charge is -1.97. The van der Waals surface area contributed by atoms with E-state index in [1.807, 2.05) is 36.5 Å². The number of hydrogen-bond acceptors (Lipinski definition) is 3. The highest BCUT2D eigenvalue weighted by atomic mass is 32.1. The van der Waals surface area contributed by atoms with Crippen LogP contribution >= 0.6 is 11.3 Å². The molecule has 2 nitrogen and oxygen atoms in total. The smallest absolute Gasteiger partial charge is 0.0561 e. The van der Waals surface area contributed by atoms with Crippen LogP contribution in [0.4, 0.5) is 5.69 Å². The normalized spacial score (nSPS) is 10.7. The van der Waals surface area contributed by atoms with Crippen molar-refractivity contribution in [2.75, 3.05) is 5.43 Å². The number of benzene rings is 1. The molecule has 2 aromatic rings. The molecule has 0 saturated carbocycles. The van der Waals surface area contributed by atoms with Crippen molar-refractivity contribution in [3.63, 3.8) is 0 Å². The minimum Gasteiger partial charge on any atom is -0.279 e. The average Bonchev–Trinajstić information content (AvgIpc) is 2.79. The second-order valence-electron chi connectivity index (χ2n) is 3.07. The van der Waals surface area contributed by atoms with Gasteiger partial charge in [0, 0.05) is 17.5 Å². The molecular weight excluding hydrogens is 204 g/mol. The van der Waals surface area contributed by atoms with Crippen LogP contribution in [0, 0.1) is 0 Å². The van der Waals surface area contributed by atoms with E-state index in [0.717, 1.165) is 12.1 Å². The predicted octanol–water partition coefficient (Wildman–Crippen LogP) is 3.39. The summed E-state index contributed by atoms with van der Waals surface area (Å²) in [4.78, 5) is 1.33. The van der Waals surface area contributed by atoms with Gasteiger partial charge >= 0.3 is 0 Å². The van der Waals surface area contributed by atoms with Crippen LogP contribution in [0.5, 0.6) is 0 Å². The summed E-state index contributed by atoms with van der Waals surface area (Å²) < 4.78 is 0. The summed E-state index contributed by atoms with van der Waals surface area (Å²) in [7, 11) is 0. The van der Waals surface area contributed by atoms with E-state index in [2.05, 4.69) is 28.0 Å². The number of thiophene rings is 1. The molecule has 0 atom stereocenters. The standard InChI is InChI=1S/C12H12N2S/c1-2-5-11(6-3-1)14-13-9-8-12-7-4-10-15-12/h1-7,9-10,14H,8H2. The fourth-order valence-electron chi connectivity index (χ4n) is 1.20. The maximum atomic E-state index is 4.15. The summed E-state index contributed by atoms with van der Waals surface area (Å²) in [6, 6.07) is 14.1. The van der Waals surface area contributed by atoms with E-state index in [1.54, 1.807) is 11.3 Å². The number of nitrogens with zero attached hydrogens (tertiary/aromatic N) is 1. The van der Waals surface area contributed by atoms with E-state index in [1.165, 1.54) is 4.88 Å². The zero-order chi connectivity index (χ0) is 10.3. The third-order valence-corrected chi connectivity index (χ3v) is 2.83. The maximum Gasteiger partial charge on any atom is 0.0561 e. The van der Waals surface area contributed by atoms with Gasteiger partial charge in [0.1, 0.15) is 0 Å². The zero-order valence-corrected chi connectivity index (χ0v) is 9.08. The number of rotatable bonds is 4. The summed E-state index contributed by atoms with van der Waals surface area (Å²) in [5, 5.41) is 6.23. The molecule has 0 bridgehead atoms. The fraction of sp³-hybridized carbons (Fsp3) is 0.0833. The van der Waals surface area contributed by atoms with Crippen molar-refractivity contribution in [1.82, 2.24) is 0 Å². The summed E-state index contributed by atoms with van der Waals surface area (Å²) in [6.07, 6.45) is 2.77. The van der Waals surface area contributed by atoms with Gasteiger partial charge in [-0.3, -0.25) is 5.43 Å². The molecule has 1 heterocycles. The highest BCUT2D eigenvalue weighted by Crippen LogP contribution is 2.08. The Morgan fingerprint density at radius 2 is 2.00 bits per heavy atom. The van der Waals surface area contributed by atoms with Gasteiger partial charge in [-0.15, -0.1) is 11.3 Å². The van der Waals surface area contributed by atoms with E-state index in [0.29, 0.717) is 0 Å². The van der Waals surface area contributed by atoms with Crippen LogP contribution in [-0.4, -0.2) is 6.21 Å². The van der Waals surface area contributed by atoms with Gasteiger partial charge < -0.3 is 0 Å². The van der Waals surface area contributed by atoms with Crippen LogP contribution in [0.15, 0.2) is 52.9 Å². The number of hydrogen-bond donors (Lipinski definition) is 1. The minimum atomic E-state index is 0.886. The van der Waals surface area contributed by atoms with Crippen molar-refractivity contribution in [2.24, 2.45) is 5.10 Å². The highest BCUT2D eigenvalue weighted by molar-refractivity contribution is 7.10. The first kappa shape index (κ1) is 9.93. The number of nitrogens with one attached hydrogen (secondary N) is 1. The first-order valence-corrected chi connectivity index (χ1v) is 5.68. The van der Waals surface area contributed by atoms with E-state index in [4.69, 9.17) is 0 Å². The molecule has 0 fully saturated rings. The molecule has 15 heavy (non-hydrogen) atoms. The van der Waals surface area contributed by atoms with E-state index in [9.17, 15) is 0 Å². The first-order valence-electron chi connectivity index (χ1n) is 4.80. The SMILES string of the molecule is C(Cc1cccs1)=NNc1ccccc1. The Balaban J connectivity index is 1.81. The van der Waals surface area contributed by atoms with E-state index < -0.39 is 0 Å². The molecule has 0 radical (unpaired) electrons. The molecule has 1 aromatic heterocycles. The Labute approximate surface area is 93.3 Å². The number of para-hydroxylation sites is 1. The second kappa shape index (κ2) is 5.32. The van der Waals surface area contributed by atoms with Crippen molar-refractivity contribution < 1.29 is 0 Å². The number of hydrazone groups is 1. The fourth-order valence-corrected chi connectivity index (χ4v) is 1.86. The molecule has 1 N–H and O–H groups in total. The monoisotopic (exact) mass is 216 g/mol. The van der Waals surface area contributed by atoms with Crippen LogP contribution in [-0.2, 0) is 6.42 Å². The van der Waals surface area contributed by atoms with Crippen molar-refractivity contribution in [3.8, 4) is 0 Å². The topological polar surface area (TPSA) is 24.4 Å². The summed E-state index contributed by atoms with van der Waals surface area (Å²) in [6.45, 7) is 0. The summed E-state index contributed by atoms with van der Waals surface area (Å²) >= 11 is 1.75. The molecule has 3 heteroatoms. The van der Waals surface area contributed by atoms with Gasteiger partial charge in [0.05, 0.1) is 5.69 Å². The van der Waals surface area contributed by atoms with Crippen LogP contribution < -0.4 is 5.43 Å². The second-order valence-corrected chi connectivity index (χ2v) is 4.11. The number of anilines is 1. The molecule has 0 aliphatic carbocycles. The van der Waals surface area contributed by atoms with Crippen molar-refractivity contribution in [1.29, 1.82) is 0 Å². The minimum absolute atomic E-state index is 0.886. The van der Waals surface area contributed by atoms with E-state index in [-0.39, 0.29) is 0 Å². The molecule has 0 saturated heterocycles. The Kier molecular flexibility index (Phi) is 3.52. The third kappa shape index (κ3) is 3.22. The zero-order valence-electron chi connectivity index (χ0n) is 8.26. The average molecular weight is 216 g/mol. The van der Waals surface area contributed by atoms with Gasteiger partial charge in [-0.25, -0.2) is 0 Å². The summed E-state index contributed by atoms with van der Waals surface area (Å²) in [5.41, 5.74) is 3.99. The summed E-state index contributed by atoms with van der Waals surface area (Å²) in [5.74, 6) is 0. The van der Waals surface area contributed by atoms with Gasteiger partial charge in [-0.2, -0.15) is 5.10 Å². The molecule has 2 rings (SSSR count). The Morgan fingerprint density at radius 1 is 1.13 bits per heavy atom. The molecule has 76 valence electrons. The largest absolute Gasteiger partial charge is 0.279 e. The third-order valence-electron chi connectivity index (χ3n) is 1.93. The van der Waals surface area contributed by atoms with Crippen LogP contribution in [0.1, 0.15) is 4.88 Å².